The lowest BCUT2D eigenvalue weighted by atomic mass is 10.0. The van der Waals surface area contributed by atoms with Crippen molar-refractivity contribution in [3.05, 3.63) is 39.5 Å². The van der Waals surface area contributed by atoms with E-state index in [9.17, 15) is 4.79 Å². The standard InChI is InChI=1S/C13H12BrNO3.C2H6O.C2H6/c1-7-4-11-9(3-2-8(6-16)15-11)13(14)10(7)5-12(17)18;1-3-2;1-2/h2-4,16H,5-6H2,1H3,(H,17,18);1-2H3;1-2H3. The van der Waals surface area contributed by atoms with Gasteiger partial charge in [-0.1, -0.05) is 13.8 Å². The smallest absolute Gasteiger partial charge is 0.307 e. The summed E-state index contributed by atoms with van der Waals surface area (Å²) in [5.41, 5.74) is 2.98. The van der Waals surface area contributed by atoms with E-state index in [1.165, 1.54) is 0 Å². The lowest BCUT2D eigenvalue weighted by Crippen LogP contribution is -2.04. The summed E-state index contributed by atoms with van der Waals surface area (Å²) in [5.74, 6) is -0.863. The number of carboxylic acid groups (broad SMARTS) is 1. The van der Waals surface area contributed by atoms with Crippen LogP contribution in [0.3, 0.4) is 0 Å². The summed E-state index contributed by atoms with van der Waals surface area (Å²) in [6, 6.07) is 5.41. The predicted octanol–water partition coefficient (Wildman–Crippen LogP) is 3.71. The van der Waals surface area contributed by atoms with E-state index in [1.807, 2.05) is 32.9 Å². The summed E-state index contributed by atoms with van der Waals surface area (Å²) in [6.45, 7) is 5.75. The third-order valence-electron chi connectivity index (χ3n) is 2.80. The van der Waals surface area contributed by atoms with Gasteiger partial charge in [0.25, 0.3) is 0 Å². The fourth-order valence-electron chi connectivity index (χ4n) is 1.90. The van der Waals surface area contributed by atoms with Crippen LogP contribution in [0.25, 0.3) is 10.9 Å². The number of aliphatic carboxylic acids is 1. The van der Waals surface area contributed by atoms with Gasteiger partial charge < -0.3 is 14.9 Å². The number of pyridine rings is 1. The Labute approximate surface area is 145 Å². The van der Waals surface area contributed by atoms with Crippen molar-refractivity contribution in [1.82, 2.24) is 4.98 Å². The fourth-order valence-corrected chi connectivity index (χ4v) is 2.69. The Balaban J connectivity index is 0.000000868. The average molecular weight is 386 g/mol. The van der Waals surface area contributed by atoms with Crippen LogP contribution in [-0.4, -0.2) is 35.4 Å². The van der Waals surface area contributed by atoms with Crippen LogP contribution < -0.4 is 0 Å². The number of halogens is 1. The molecule has 0 aliphatic rings. The van der Waals surface area contributed by atoms with Crippen molar-refractivity contribution in [3.8, 4) is 0 Å². The highest BCUT2D eigenvalue weighted by atomic mass is 79.9. The lowest BCUT2D eigenvalue weighted by molar-refractivity contribution is -0.136. The zero-order valence-electron chi connectivity index (χ0n) is 14.2. The summed E-state index contributed by atoms with van der Waals surface area (Å²) in [6.07, 6.45) is -0.0237. The first-order chi connectivity index (χ1) is 10.9. The van der Waals surface area contributed by atoms with Crippen LogP contribution in [0.2, 0.25) is 0 Å². The molecule has 1 heterocycles. The molecule has 0 saturated heterocycles. The number of ether oxygens (including phenoxy) is 1. The molecule has 23 heavy (non-hydrogen) atoms. The first-order valence-corrected chi connectivity index (χ1v) is 8.04. The van der Waals surface area contributed by atoms with Crippen LogP contribution in [0, 0.1) is 6.92 Å². The van der Waals surface area contributed by atoms with Gasteiger partial charge in [-0.15, -0.1) is 0 Å². The lowest BCUT2D eigenvalue weighted by Gasteiger charge is -2.10. The van der Waals surface area contributed by atoms with Gasteiger partial charge in [0.1, 0.15) is 0 Å². The minimum Gasteiger partial charge on any atom is -0.481 e. The summed E-state index contributed by atoms with van der Waals surface area (Å²) in [4.78, 5) is 15.1. The van der Waals surface area contributed by atoms with E-state index in [0.717, 1.165) is 26.5 Å². The third-order valence-corrected chi connectivity index (χ3v) is 3.71. The molecule has 2 N–H and O–H groups in total. The number of aryl methyl sites for hydroxylation is 1. The monoisotopic (exact) mass is 385 g/mol. The maximum atomic E-state index is 10.8. The van der Waals surface area contributed by atoms with Crippen molar-refractivity contribution in [3.63, 3.8) is 0 Å². The van der Waals surface area contributed by atoms with Gasteiger partial charge in [0.05, 0.1) is 24.2 Å². The van der Waals surface area contributed by atoms with Gasteiger partial charge in [0.2, 0.25) is 0 Å². The quantitative estimate of drug-likeness (QED) is 0.841. The number of nitrogens with zero attached hydrogens (tertiary/aromatic N) is 1. The van der Waals surface area contributed by atoms with E-state index in [-0.39, 0.29) is 13.0 Å². The Morgan fingerprint density at radius 2 is 1.87 bits per heavy atom. The highest BCUT2D eigenvalue weighted by Crippen LogP contribution is 2.30. The highest BCUT2D eigenvalue weighted by Gasteiger charge is 2.13. The average Bonchev–Trinajstić information content (AvgIpc) is 2.53. The van der Waals surface area contributed by atoms with Gasteiger partial charge in [-0.3, -0.25) is 9.78 Å². The molecule has 6 heteroatoms. The molecule has 0 spiro atoms. The zero-order valence-corrected chi connectivity index (χ0v) is 15.8. The van der Waals surface area contributed by atoms with Crippen molar-refractivity contribution in [2.24, 2.45) is 0 Å². The van der Waals surface area contributed by atoms with Crippen LogP contribution in [0.5, 0.6) is 0 Å². The second kappa shape index (κ2) is 11.1. The number of fused-ring (bicyclic) bond motifs is 1. The van der Waals surface area contributed by atoms with Gasteiger partial charge >= 0.3 is 5.97 Å². The van der Waals surface area contributed by atoms with E-state index in [2.05, 4.69) is 25.7 Å². The maximum absolute atomic E-state index is 10.8. The minimum atomic E-state index is -0.863. The molecular weight excluding hydrogens is 362 g/mol. The van der Waals surface area contributed by atoms with E-state index >= 15 is 0 Å². The second-order valence-corrected chi connectivity index (χ2v) is 5.29. The molecule has 0 aliphatic heterocycles. The molecule has 0 amide bonds. The number of aliphatic hydroxyl groups excluding tert-OH is 1. The minimum absolute atomic E-state index is 0.0237. The Morgan fingerprint density at radius 3 is 2.35 bits per heavy atom. The Kier molecular flexibility index (Phi) is 10.4. The molecule has 1 aromatic carbocycles. The zero-order chi connectivity index (χ0) is 18.0. The van der Waals surface area contributed by atoms with Gasteiger partial charge in [-0.2, -0.15) is 0 Å². The molecule has 5 nitrogen and oxygen atoms in total. The SMILES string of the molecule is CC.COC.Cc1cc2nc(CO)ccc2c(Br)c1CC(=O)O. The number of aliphatic hydroxyl groups is 1. The van der Waals surface area contributed by atoms with Crippen LogP contribution in [0.15, 0.2) is 22.7 Å². The number of hydrogen-bond donors (Lipinski definition) is 2. The Bertz CT molecular complexity index is 644. The normalized spacial score (nSPS) is 9.52. The van der Waals surface area contributed by atoms with Crippen molar-refractivity contribution in [2.45, 2.75) is 33.8 Å². The number of methoxy groups -OCH3 is 1. The molecule has 128 valence electrons. The summed E-state index contributed by atoms with van der Waals surface area (Å²) >= 11 is 3.44. The predicted molar refractivity (Wildman–Crippen MR) is 95.7 cm³/mol. The third kappa shape index (κ3) is 6.25. The molecule has 0 saturated carbocycles. The molecule has 1 aromatic heterocycles. The molecule has 0 bridgehead atoms. The van der Waals surface area contributed by atoms with Crippen molar-refractivity contribution < 1.29 is 19.7 Å². The second-order valence-electron chi connectivity index (χ2n) is 4.49. The number of carbonyl (C=O) groups is 1. The Morgan fingerprint density at radius 1 is 1.30 bits per heavy atom. The molecule has 0 fully saturated rings. The number of rotatable bonds is 3. The summed E-state index contributed by atoms with van der Waals surface area (Å²) < 4.78 is 5.01. The van der Waals surface area contributed by atoms with E-state index < -0.39 is 5.97 Å². The van der Waals surface area contributed by atoms with Crippen molar-refractivity contribution >= 4 is 32.8 Å². The van der Waals surface area contributed by atoms with Gasteiger partial charge in [-0.25, -0.2) is 0 Å². The Hall–Kier alpha value is -1.50. The summed E-state index contributed by atoms with van der Waals surface area (Å²) in [7, 11) is 3.25. The van der Waals surface area contributed by atoms with Crippen LogP contribution in [-0.2, 0) is 22.6 Å². The number of hydrogen-bond acceptors (Lipinski definition) is 4. The van der Waals surface area contributed by atoms with E-state index in [0.29, 0.717) is 5.69 Å². The molecule has 0 aliphatic carbocycles. The fraction of sp³-hybridized carbons (Fsp3) is 0.412. The molecule has 2 rings (SSSR count). The summed E-state index contributed by atoms with van der Waals surface area (Å²) in [5, 5.41) is 18.8. The van der Waals surface area contributed by atoms with Crippen LogP contribution >= 0.6 is 15.9 Å². The van der Waals surface area contributed by atoms with E-state index in [1.54, 1.807) is 20.3 Å². The molecule has 2 aromatic rings. The number of carboxylic acids is 1. The molecule has 0 radical (unpaired) electrons. The van der Waals surface area contributed by atoms with Crippen molar-refractivity contribution in [2.75, 3.05) is 14.2 Å². The van der Waals surface area contributed by atoms with Crippen LogP contribution in [0.1, 0.15) is 30.7 Å². The van der Waals surface area contributed by atoms with Gasteiger partial charge in [0.15, 0.2) is 0 Å². The van der Waals surface area contributed by atoms with E-state index in [4.69, 9.17) is 10.2 Å². The number of aromatic nitrogens is 1. The van der Waals surface area contributed by atoms with Gasteiger partial charge in [0, 0.05) is 24.1 Å². The largest absolute Gasteiger partial charge is 0.481 e. The topological polar surface area (TPSA) is 79.7 Å². The van der Waals surface area contributed by atoms with Crippen molar-refractivity contribution in [1.29, 1.82) is 0 Å². The maximum Gasteiger partial charge on any atom is 0.307 e. The number of benzene rings is 1. The molecule has 0 atom stereocenters. The van der Waals surface area contributed by atoms with Gasteiger partial charge in [-0.05, 0) is 52.2 Å². The molecular formula is C17H24BrNO4. The van der Waals surface area contributed by atoms with Crippen LogP contribution in [0.4, 0.5) is 0 Å². The molecule has 0 unspecified atom stereocenters. The first-order valence-electron chi connectivity index (χ1n) is 7.25. The highest BCUT2D eigenvalue weighted by molar-refractivity contribution is 9.10. The first kappa shape index (κ1) is 21.5.